The molecule has 3 fully saturated rings. The maximum Gasteiger partial charge on any atom is 0.0495 e. The minimum Gasteiger partial charge on any atom is -0.298 e. The number of unbranched alkanes of at least 4 members (excludes halogenated alkanes) is 2. The highest BCUT2D eigenvalue weighted by Gasteiger charge is 2.38. The molecular weight excluding hydrogens is 278 g/mol. The lowest BCUT2D eigenvalue weighted by Crippen LogP contribution is -2.35. The second kappa shape index (κ2) is 8.67. The molecule has 0 saturated heterocycles. The van der Waals surface area contributed by atoms with E-state index in [1.807, 2.05) is 0 Å². The van der Waals surface area contributed by atoms with Crippen molar-refractivity contribution in [1.82, 2.24) is 0 Å². The Balaban J connectivity index is 1.41. The Morgan fingerprint density at radius 3 is 2.04 bits per heavy atom. The Hall–Kier alpha value is -0.330. The van der Waals surface area contributed by atoms with Crippen molar-refractivity contribution in [2.24, 2.45) is 34.6 Å². The summed E-state index contributed by atoms with van der Waals surface area (Å²) in [5.41, 5.74) is 0. The zero-order valence-electron chi connectivity index (χ0n) is 15.5. The predicted octanol–water partition coefficient (Wildman–Crippen LogP) is 6.66. The zero-order chi connectivity index (χ0) is 16.1. The van der Waals surface area contributed by atoms with Crippen molar-refractivity contribution in [2.75, 3.05) is 0 Å². The lowest BCUT2D eigenvalue weighted by molar-refractivity contribution is 0.0722. The van der Waals surface area contributed by atoms with Crippen LogP contribution in [0.3, 0.4) is 0 Å². The highest BCUT2D eigenvalue weighted by molar-refractivity contribution is 5.24. The maximum atomic E-state index is 4.34. The van der Waals surface area contributed by atoms with Gasteiger partial charge in [-0.25, -0.2) is 0 Å². The summed E-state index contributed by atoms with van der Waals surface area (Å²) >= 11 is 0. The molecular formula is C22H39N. The van der Waals surface area contributed by atoms with Gasteiger partial charge in [0.1, 0.15) is 0 Å². The predicted molar refractivity (Wildman–Crippen MR) is 101 cm³/mol. The Morgan fingerprint density at radius 2 is 1.35 bits per heavy atom. The van der Waals surface area contributed by atoms with Crippen molar-refractivity contribution in [3.63, 3.8) is 0 Å². The minimum atomic E-state index is 0.589. The van der Waals surface area contributed by atoms with E-state index >= 15 is 0 Å². The molecule has 0 N–H and O–H groups in total. The summed E-state index contributed by atoms with van der Waals surface area (Å²) in [6, 6.07) is 0.589. The topological polar surface area (TPSA) is 12.4 Å². The van der Waals surface area contributed by atoms with Crippen molar-refractivity contribution in [3.05, 3.63) is 0 Å². The number of fused-ring (bicyclic) bond motifs is 1. The molecule has 0 bridgehead atoms. The van der Waals surface area contributed by atoms with Gasteiger partial charge in [0.05, 0.1) is 0 Å². The lowest BCUT2D eigenvalue weighted by atomic mass is 9.62. The van der Waals surface area contributed by atoms with Gasteiger partial charge in [0.2, 0.25) is 0 Å². The number of hydrogen-bond acceptors (Lipinski definition) is 1. The first-order chi connectivity index (χ1) is 11.3. The monoisotopic (exact) mass is 317 g/mol. The number of nitrogens with zero attached hydrogens (tertiary/aromatic N) is 1. The van der Waals surface area contributed by atoms with Gasteiger partial charge in [0, 0.05) is 6.04 Å². The van der Waals surface area contributed by atoms with Crippen LogP contribution in [0.2, 0.25) is 0 Å². The molecule has 3 saturated carbocycles. The van der Waals surface area contributed by atoms with E-state index in [0.29, 0.717) is 6.04 Å². The second-order valence-corrected chi connectivity index (χ2v) is 9.02. The van der Waals surface area contributed by atoms with Crippen LogP contribution < -0.4 is 0 Å². The molecule has 0 radical (unpaired) electrons. The fourth-order valence-corrected chi connectivity index (χ4v) is 6.13. The van der Waals surface area contributed by atoms with Gasteiger partial charge in [-0.15, -0.1) is 0 Å². The van der Waals surface area contributed by atoms with Crippen LogP contribution in [0.1, 0.15) is 96.8 Å². The SMILES string of the molecule is C=NC1CCC2CC(C3CCC(CCCCC)CC3)CCC2C1. The highest BCUT2D eigenvalue weighted by Crippen LogP contribution is 2.48. The third-order valence-electron chi connectivity index (χ3n) is 7.66. The Morgan fingerprint density at radius 1 is 0.739 bits per heavy atom. The Labute approximate surface area is 144 Å². The summed E-state index contributed by atoms with van der Waals surface area (Å²) in [6.07, 6.45) is 20.7. The van der Waals surface area contributed by atoms with Crippen molar-refractivity contribution in [3.8, 4) is 0 Å². The number of aliphatic imine (C=N–C) groups is 1. The third-order valence-corrected chi connectivity index (χ3v) is 7.66. The maximum absolute atomic E-state index is 4.34. The fraction of sp³-hybridized carbons (Fsp3) is 0.955. The molecule has 23 heavy (non-hydrogen) atoms. The standard InChI is InChI=1S/C22H39N/c1-3-4-5-6-17-7-9-18(10-8-17)19-11-12-21-16-22(23-2)14-13-20(21)15-19/h17-22H,2-16H2,1H3. The summed E-state index contributed by atoms with van der Waals surface area (Å²) in [7, 11) is 0. The van der Waals surface area contributed by atoms with Crippen LogP contribution in [0, 0.1) is 29.6 Å². The molecule has 3 aliphatic carbocycles. The Kier molecular flexibility index (Phi) is 6.60. The third kappa shape index (κ3) is 4.60. The average molecular weight is 318 g/mol. The van der Waals surface area contributed by atoms with Crippen molar-refractivity contribution in [2.45, 2.75) is 103 Å². The smallest absolute Gasteiger partial charge is 0.0495 e. The minimum absolute atomic E-state index is 0.589. The van der Waals surface area contributed by atoms with Crippen LogP contribution in [-0.4, -0.2) is 12.8 Å². The van der Waals surface area contributed by atoms with Crippen LogP contribution in [0.25, 0.3) is 0 Å². The van der Waals surface area contributed by atoms with Gasteiger partial charge in [0.15, 0.2) is 0 Å². The molecule has 1 nitrogen and oxygen atoms in total. The Bertz CT molecular complexity index is 355. The van der Waals surface area contributed by atoms with E-state index < -0.39 is 0 Å². The molecule has 4 atom stereocenters. The number of hydrogen-bond donors (Lipinski definition) is 0. The van der Waals surface area contributed by atoms with Gasteiger partial charge < -0.3 is 0 Å². The van der Waals surface area contributed by atoms with Crippen LogP contribution >= 0.6 is 0 Å². The van der Waals surface area contributed by atoms with E-state index in [2.05, 4.69) is 18.6 Å². The summed E-state index contributed by atoms with van der Waals surface area (Å²) in [6.45, 7) is 6.12. The van der Waals surface area contributed by atoms with Crippen molar-refractivity contribution < 1.29 is 0 Å². The van der Waals surface area contributed by atoms with E-state index in [0.717, 1.165) is 29.6 Å². The molecule has 0 aromatic rings. The summed E-state index contributed by atoms with van der Waals surface area (Å²) in [5.74, 6) is 5.24. The molecule has 132 valence electrons. The molecule has 4 unspecified atom stereocenters. The summed E-state index contributed by atoms with van der Waals surface area (Å²) in [5, 5.41) is 0. The molecule has 0 aliphatic heterocycles. The number of rotatable bonds is 6. The average Bonchev–Trinajstić information content (AvgIpc) is 2.61. The van der Waals surface area contributed by atoms with E-state index in [-0.39, 0.29) is 0 Å². The highest BCUT2D eigenvalue weighted by atomic mass is 14.8. The second-order valence-electron chi connectivity index (χ2n) is 9.02. The molecule has 0 spiro atoms. The van der Waals surface area contributed by atoms with Gasteiger partial charge in [-0.1, -0.05) is 45.4 Å². The van der Waals surface area contributed by atoms with Gasteiger partial charge in [-0.05, 0) is 87.7 Å². The molecule has 0 amide bonds. The van der Waals surface area contributed by atoms with Crippen molar-refractivity contribution >= 4 is 6.72 Å². The lowest BCUT2D eigenvalue weighted by Gasteiger charge is -2.44. The summed E-state index contributed by atoms with van der Waals surface area (Å²) in [4.78, 5) is 4.34. The van der Waals surface area contributed by atoms with Gasteiger partial charge in [-0.3, -0.25) is 4.99 Å². The van der Waals surface area contributed by atoms with Crippen LogP contribution in [0.5, 0.6) is 0 Å². The zero-order valence-corrected chi connectivity index (χ0v) is 15.5. The van der Waals surface area contributed by atoms with Crippen LogP contribution in [0.4, 0.5) is 0 Å². The quantitative estimate of drug-likeness (QED) is 0.384. The van der Waals surface area contributed by atoms with Crippen LogP contribution in [-0.2, 0) is 0 Å². The molecule has 0 aromatic carbocycles. The first-order valence-corrected chi connectivity index (χ1v) is 10.8. The van der Waals surface area contributed by atoms with E-state index in [4.69, 9.17) is 0 Å². The van der Waals surface area contributed by atoms with Gasteiger partial charge in [0.25, 0.3) is 0 Å². The normalized spacial score (nSPS) is 41.3. The van der Waals surface area contributed by atoms with Crippen LogP contribution in [0.15, 0.2) is 4.99 Å². The van der Waals surface area contributed by atoms with Gasteiger partial charge >= 0.3 is 0 Å². The first kappa shape index (κ1) is 17.5. The van der Waals surface area contributed by atoms with E-state index in [1.54, 1.807) is 32.1 Å². The fourth-order valence-electron chi connectivity index (χ4n) is 6.13. The molecule has 3 rings (SSSR count). The molecule has 3 aliphatic rings. The molecule has 0 heterocycles. The van der Waals surface area contributed by atoms with E-state index in [1.165, 1.54) is 57.8 Å². The molecule has 1 heteroatoms. The molecule has 0 aromatic heterocycles. The van der Waals surface area contributed by atoms with Crippen molar-refractivity contribution in [1.29, 1.82) is 0 Å². The first-order valence-electron chi connectivity index (χ1n) is 10.8. The van der Waals surface area contributed by atoms with E-state index in [9.17, 15) is 0 Å². The van der Waals surface area contributed by atoms with Gasteiger partial charge in [-0.2, -0.15) is 0 Å². The summed E-state index contributed by atoms with van der Waals surface area (Å²) < 4.78 is 0. The largest absolute Gasteiger partial charge is 0.298 e.